The first-order valence-corrected chi connectivity index (χ1v) is 7.59. The third-order valence-electron chi connectivity index (χ3n) is 3.85. The summed E-state index contributed by atoms with van der Waals surface area (Å²) in [6.07, 6.45) is 2.39. The lowest BCUT2D eigenvalue weighted by Gasteiger charge is -2.06. The Bertz CT molecular complexity index is 817. The van der Waals surface area contributed by atoms with Crippen LogP contribution in [0.3, 0.4) is 0 Å². The number of benzene rings is 1. The van der Waals surface area contributed by atoms with Gasteiger partial charge in [0.15, 0.2) is 17.0 Å². The van der Waals surface area contributed by atoms with Crippen molar-refractivity contribution in [1.29, 1.82) is 0 Å². The maximum atomic E-state index is 4.52. The molecule has 1 N–H and O–H groups in total. The Morgan fingerprint density at radius 3 is 2.64 bits per heavy atom. The van der Waals surface area contributed by atoms with E-state index in [0.717, 1.165) is 22.8 Å². The molecule has 0 spiro atoms. The fraction of sp³-hybridized carbons (Fsp3) is 0.375. The topological polar surface area (TPSA) is 68.5 Å². The molecule has 1 fully saturated rings. The first-order valence-electron chi connectivity index (χ1n) is 7.59. The van der Waals surface area contributed by atoms with Gasteiger partial charge in [-0.25, -0.2) is 14.6 Å². The van der Waals surface area contributed by atoms with E-state index < -0.39 is 0 Å². The van der Waals surface area contributed by atoms with Crippen molar-refractivity contribution in [3.63, 3.8) is 0 Å². The summed E-state index contributed by atoms with van der Waals surface area (Å²) in [5.74, 6) is 1.54. The molecule has 6 heteroatoms. The highest BCUT2D eigenvalue weighted by Gasteiger charge is 2.24. The molecule has 1 aliphatic carbocycles. The smallest absolute Gasteiger partial charge is 0.184 e. The molecule has 6 nitrogen and oxygen atoms in total. The molecule has 1 aliphatic rings. The first kappa shape index (κ1) is 13.2. The van der Waals surface area contributed by atoms with Crippen LogP contribution < -0.4 is 5.32 Å². The predicted octanol–water partition coefficient (Wildman–Crippen LogP) is 2.46. The summed E-state index contributed by atoms with van der Waals surface area (Å²) < 4.78 is 1.84. The SMILES string of the molecule is Cc1ccc(Cn2nnc3c(NC4CC4)nc(C)nc32)cc1. The molecule has 1 aromatic carbocycles. The van der Waals surface area contributed by atoms with Crippen LogP contribution in [0.15, 0.2) is 24.3 Å². The largest absolute Gasteiger partial charge is 0.365 e. The van der Waals surface area contributed by atoms with Crippen LogP contribution in [0.25, 0.3) is 11.2 Å². The molecule has 0 atom stereocenters. The number of rotatable bonds is 4. The second kappa shape index (κ2) is 5.05. The monoisotopic (exact) mass is 294 g/mol. The van der Waals surface area contributed by atoms with E-state index in [4.69, 9.17) is 0 Å². The minimum absolute atomic E-state index is 0.528. The van der Waals surface area contributed by atoms with Crippen molar-refractivity contribution in [1.82, 2.24) is 25.0 Å². The Labute approximate surface area is 128 Å². The maximum absolute atomic E-state index is 4.52. The second-order valence-electron chi connectivity index (χ2n) is 5.94. The quantitative estimate of drug-likeness (QED) is 0.800. The summed E-state index contributed by atoms with van der Waals surface area (Å²) in [6, 6.07) is 8.96. The lowest BCUT2D eigenvalue weighted by molar-refractivity contribution is 0.663. The van der Waals surface area contributed by atoms with Crippen molar-refractivity contribution in [2.24, 2.45) is 0 Å². The van der Waals surface area contributed by atoms with E-state index in [1.807, 2.05) is 11.6 Å². The van der Waals surface area contributed by atoms with Crippen molar-refractivity contribution >= 4 is 17.0 Å². The molecule has 3 aromatic rings. The molecule has 1 saturated carbocycles. The van der Waals surface area contributed by atoms with Crippen LogP contribution in [-0.2, 0) is 6.54 Å². The van der Waals surface area contributed by atoms with Crippen molar-refractivity contribution in [2.45, 2.75) is 39.3 Å². The van der Waals surface area contributed by atoms with Gasteiger partial charge in [-0.15, -0.1) is 5.10 Å². The molecule has 0 unspecified atom stereocenters. The fourth-order valence-electron chi connectivity index (χ4n) is 2.46. The van der Waals surface area contributed by atoms with Gasteiger partial charge in [-0.2, -0.15) is 0 Å². The van der Waals surface area contributed by atoms with Gasteiger partial charge in [0.25, 0.3) is 0 Å². The highest BCUT2D eigenvalue weighted by atomic mass is 15.4. The summed E-state index contributed by atoms with van der Waals surface area (Å²) in [5, 5.41) is 12.0. The zero-order chi connectivity index (χ0) is 15.1. The lowest BCUT2D eigenvalue weighted by atomic mass is 10.1. The Hall–Kier alpha value is -2.50. The number of fused-ring (bicyclic) bond motifs is 1. The van der Waals surface area contributed by atoms with Crippen LogP contribution in [0.2, 0.25) is 0 Å². The molecule has 22 heavy (non-hydrogen) atoms. The molecule has 4 rings (SSSR count). The number of aryl methyl sites for hydroxylation is 2. The Balaban J connectivity index is 1.71. The Morgan fingerprint density at radius 1 is 1.14 bits per heavy atom. The van der Waals surface area contributed by atoms with Crippen molar-refractivity contribution in [3.8, 4) is 0 Å². The molecular formula is C16H18N6. The molecule has 2 aromatic heterocycles. The van der Waals surface area contributed by atoms with E-state index in [1.54, 1.807) is 0 Å². The molecule has 0 radical (unpaired) electrons. The van der Waals surface area contributed by atoms with Crippen LogP contribution in [-0.4, -0.2) is 31.0 Å². The van der Waals surface area contributed by atoms with Crippen molar-refractivity contribution in [3.05, 3.63) is 41.2 Å². The molecule has 2 heterocycles. The third kappa shape index (κ3) is 2.52. The van der Waals surface area contributed by atoms with Crippen molar-refractivity contribution < 1.29 is 0 Å². The summed E-state index contributed by atoms with van der Waals surface area (Å²) in [5.41, 5.74) is 3.98. The van der Waals surface area contributed by atoms with Gasteiger partial charge in [0.05, 0.1) is 6.54 Å². The second-order valence-corrected chi connectivity index (χ2v) is 5.94. The van der Waals surface area contributed by atoms with Crippen LogP contribution in [0, 0.1) is 13.8 Å². The molecule has 0 aliphatic heterocycles. The van der Waals surface area contributed by atoms with Gasteiger partial charge in [0.1, 0.15) is 5.82 Å². The fourth-order valence-corrected chi connectivity index (χ4v) is 2.46. The van der Waals surface area contributed by atoms with Crippen LogP contribution in [0.4, 0.5) is 5.82 Å². The summed E-state index contributed by atoms with van der Waals surface area (Å²) >= 11 is 0. The zero-order valence-electron chi connectivity index (χ0n) is 12.7. The lowest BCUT2D eigenvalue weighted by Crippen LogP contribution is -2.07. The molecule has 0 bridgehead atoms. The summed E-state index contributed by atoms with van der Waals surface area (Å²) in [7, 11) is 0. The van der Waals surface area contributed by atoms with Gasteiger partial charge in [-0.1, -0.05) is 35.0 Å². The van der Waals surface area contributed by atoms with Gasteiger partial charge < -0.3 is 5.32 Å². The number of nitrogens with zero attached hydrogens (tertiary/aromatic N) is 5. The van der Waals surface area contributed by atoms with Gasteiger partial charge in [-0.05, 0) is 32.3 Å². The standard InChI is InChI=1S/C16H18N6/c1-10-3-5-12(6-4-10)9-22-16-14(20-21-22)15(17-11(2)18-16)19-13-7-8-13/h3-6,13H,7-9H2,1-2H3,(H,17,18,19). The first-order chi connectivity index (χ1) is 10.7. The van der Waals surface area contributed by atoms with Crippen LogP contribution >= 0.6 is 0 Å². The minimum Gasteiger partial charge on any atom is -0.365 e. The molecule has 0 saturated heterocycles. The molecule has 112 valence electrons. The summed E-state index contributed by atoms with van der Waals surface area (Å²) in [6.45, 7) is 4.65. The molecular weight excluding hydrogens is 276 g/mol. The highest BCUT2D eigenvalue weighted by molar-refractivity contribution is 5.82. The summed E-state index contributed by atoms with van der Waals surface area (Å²) in [4.78, 5) is 9.00. The number of anilines is 1. The predicted molar refractivity (Wildman–Crippen MR) is 84.8 cm³/mol. The maximum Gasteiger partial charge on any atom is 0.184 e. The number of hydrogen-bond acceptors (Lipinski definition) is 5. The number of aromatic nitrogens is 5. The van der Waals surface area contributed by atoms with Crippen LogP contribution in [0.1, 0.15) is 29.8 Å². The van der Waals surface area contributed by atoms with E-state index >= 15 is 0 Å². The minimum atomic E-state index is 0.528. The van der Waals surface area contributed by atoms with Crippen molar-refractivity contribution in [2.75, 3.05) is 5.32 Å². The van der Waals surface area contributed by atoms with Gasteiger partial charge in [-0.3, -0.25) is 0 Å². The average Bonchev–Trinajstić information content (AvgIpc) is 3.22. The van der Waals surface area contributed by atoms with Gasteiger partial charge in [0.2, 0.25) is 0 Å². The zero-order valence-corrected chi connectivity index (χ0v) is 12.7. The van der Waals surface area contributed by atoms with Gasteiger partial charge >= 0.3 is 0 Å². The van der Waals surface area contributed by atoms with E-state index in [2.05, 4.69) is 56.8 Å². The van der Waals surface area contributed by atoms with E-state index in [0.29, 0.717) is 12.6 Å². The van der Waals surface area contributed by atoms with Gasteiger partial charge in [0, 0.05) is 6.04 Å². The normalized spacial score (nSPS) is 14.5. The van der Waals surface area contributed by atoms with Crippen LogP contribution in [0.5, 0.6) is 0 Å². The average molecular weight is 294 g/mol. The number of hydrogen-bond donors (Lipinski definition) is 1. The van der Waals surface area contributed by atoms with E-state index in [-0.39, 0.29) is 0 Å². The van der Waals surface area contributed by atoms with E-state index in [1.165, 1.54) is 24.0 Å². The number of nitrogens with one attached hydrogen (secondary N) is 1. The Kier molecular flexibility index (Phi) is 3.03. The van der Waals surface area contributed by atoms with E-state index in [9.17, 15) is 0 Å². The molecule has 0 amide bonds. The Morgan fingerprint density at radius 2 is 1.91 bits per heavy atom. The third-order valence-corrected chi connectivity index (χ3v) is 3.85. The highest BCUT2D eigenvalue weighted by Crippen LogP contribution is 2.27.